The minimum atomic E-state index is -1.13. The van der Waals surface area contributed by atoms with Crippen LogP contribution in [-0.4, -0.2) is 33.6 Å². The van der Waals surface area contributed by atoms with Crippen LogP contribution in [0.15, 0.2) is 41.2 Å². The molecule has 0 aliphatic carbocycles. The Morgan fingerprint density at radius 3 is 2.76 bits per heavy atom. The highest BCUT2D eigenvalue weighted by Gasteiger charge is 2.23. The Hall–Kier alpha value is -2.77. The van der Waals surface area contributed by atoms with Gasteiger partial charge in [-0.15, -0.1) is 0 Å². The summed E-state index contributed by atoms with van der Waals surface area (Å²) in [6.45, 7) is 2.84. The highest BCUT2D eigenvalue weighted by Crippen LogP contribution is 2.39. The summed E-state index contributed by atoms with van der Waals surface area (Å²) in [7, 11) is -1.13. The van der Waals surface area contributed by atoms with Crippen molar-refractivity contribution < 1.29 is 8.95 Å². The van der Waals surface area contributed by atoms with E-state index < -0.39 is 11.0 Å². The lowest BCUT2D eigenvalue weighted by atomic mass is 9.99. The second-order valence-electron chi connectivity index (χ2n) is 7.08. The standard InChI is InChI=1S/C21H18ClN3O3S/c1-11-18(12-3-6-16-17(9-12)28-8-7-25(16)29(2)27)20-19(24-21(11)26)14-10-13(22)4-5-15(14)23-20/h3-6,9-10,23H,7-8H2,1-2H3,(H,24,26). The smallest absolute Gasteiger partial charge is 0.252 e. The molecule has 8 heteroatoms. The van der Waals surface area contributed by atoms with Gasteiger partial charge in [0, 0.05) is 33.3 Å². The van der Waals surface area contributed by atoms with Crippen LogP contribution < -0.4 is 14.6 Å². The molecule has 148 valence electrons. The maximum Gasteiger partial charge on any atom is 0.252 e. The summed E-state index contributed by atoms with van der Waals surface area (Å²) in [5.41, 5.74) is 5.40. The lowest BCUT2D eigenvalue weighted by molar-refractivity contribution is 0.317. The van der Waals surface area contributed by atoms with E-state index in [1.54, 1.807) is 13.2 Å². The Kier molecular flexibility index (Phi) is 4.18. The first-order chi connectivity index (χ1) is 13.9. The molecule has 2 N–H and O–H groups in total. The van der Waals surface area contributed by atoms with E-state index in [0.29, 0.717) is 29.5 Å². The predicted molar refractivity (Wildman–Crippen MR) is 119 cm³/mol. The molecule has 0 saturated heterocycles. The molecule has 2 aromatic heterocycles. The molecular formula is C21H18ClN3O3S. The second kappa shape index (κ2) is 6.64. The fourth-order valence-electron chi connectivity index (χ4n) is 3.97. The summed E-state index contributed by atoms with van der Waals surface area (Å²) in [5, 5.41) is 1.48. The zero-order valence-corrected chi connectivity index (χ0v) is 17.4. The van der Waals surface area contributed by atoms with E-state index in [4.69, 9.17) is 16.3 Å². The molecular weight excluding hydrogens is 410 g/mol. The molecule has 5 rings (SSSR count). The maximum atomic E-state index is 12.7. The Morgan fingerprint density at radius 2 is 1.97 bits per heavy atom. The van der Waals surface area contributed by atoms with E-state index in [9.17, 15) is 9.00 Å². The van der Waals surface area contributed by atoms with E-state index in [0.717, 1.165) is 38.8 Å². The van der Waals surface area contributed by atoms with Crippen LogP contribution in [0.25, 0.3) is 33.1 Å². The molecule has 0 amide bonds. The number of hydrogen-bond acceptors (Lipinski definition) is 3. The van der Waals surface area contributed by atoms with Gasteiger partial charge in [-0.2, -0.15) is 0 Å². The Labute approximate surface area is 174 Å². The fourth-order valence-corrected chi connectivity index (χ4v) is 4.90. The molecule has 0 bridgehead atoms. The monoisotopic (exact) mass is 427 g/mol. The van der Waals surface area contributed by atoms with Crippen molar-refractivity contribution in [2.24, 2.45) is 0 Å². The van der Waals surface area contributed by atoms with Gasteiger partial charge in [0.1, 0.15) is 23.3 Å². The fraction of sp³-hybridized carbons (Fsp3) is 0.190. The van der Waals surface area contributed by atoms with Crippen LogP contribution >= 0.6 is 11.6 Å². The summed E-state index contributed by atoms with van der Waals surface area (Å²) < 4.78 is 19.7. The lowest BCUT2D eigenvalue weighted by Gasteiger charge is -2.29. The number of fused-ring (bicyclic) bond motifs is 4. The number of pyridine rings is 1. The van der Waals surface area contributed by atoms with Crippen molar-refractivity contribution in [2.45, 2.75) is 6.92 Å². The number of benzene rings is 2. The van der Waals surface area contributed by atoms with E-state index >= 15 is 0 Å². The van der Waals surface area contributed by atoms with Gasteiger partial charge in [0.05, 0.1) is 23.3 Å². The summed E-state index contributed by atoms with van der Waals surface area (Å²) in [6, 6.07) is 11.3. The number of rotatable bonds is 2. The van der Waals surface area contributed by atoms with E-state index in [2.05, 4.69) is 9.97 Å². The van der Waals surface area contributed by atoms with Gasteiger partial charge in [0.2, 0.25) is 0 Å². The number of halogens is 1. The molecule has 29 heavy (non-hydrogen) atoms. The quantitative estimate of drug-likeness (QED) is 0.505. The minimum Gasteiger partial charge on any atom is -0.489 e. The summed E-state index contributed by atoms with van der Waals surface area (Å²) >= 11 is 6.17. The van der Waals surface area contributed by atoms with E-state index in [-0.39, 0.29) is 5.56 Å². The van der Waals surface area contributed by atoms with Crippen LogP contribution in [0.4, 0.5) is 5.69 Å². The van der Waals surface area contributed by atoms with Crippen LogP contribution in [0.1, 0.15) is 5.56 Å². The lowest BCUT2D eigenvalue weighted by Crippen LogP contribution is -2.33. The molecule has 0 saturated carbocycles. The molecule has 3 heterocycles. The Bertz CT molecular complexity index is 1380. The predicted octanol–water partition coefficient (Wildman–Crippen LogP) is 4.13. The molecule has 1 aliphatic heterocycles. The third kappa shape index (κ3) is 2.84. The molecule has 1 unspecified atom stereocenters. The number of nitrogens with zero attached hydrogens (tertiary/aromatic N) is 1. The van der Waals surface area contributed by atoms with Crippen LogP contribution in [0, 0.1) is 6.92 Å². The summed E-state index contributed by atoms with van der Waals surface area (Å²) in [4.78, 5) is 19.1. The number of hydrogen-bond donors (Lipinski definition) is 2. The van der Waals surface area contributed by atoms with Crippen molar-refractivity contribution in [2.75, 3.05) is 23.7 Å². The summed E-state index contributed by atoms with van der Waals surface area (Å²) in [6.07, 6.45) is 1.66. The first-order valence-corrected chi connectivity index (χ1v) is 11.1. The van der Waals surface area contributed by atoms with Gasteiger partial charge in [-0.05, 0) is 42.8 Å². The van der Waals surface area contributed by atoms with Crippen molar-refractivity contribution in [1.29, 1.82) is 0 Å². The normalized spacial score (nSPS) is 14.8. The first kappa shape index (κ1) is 18.3. The highest BCUT2D eigenvalue weighted by molar-refractivity contribution is 7.85. The van der Waals surface area contributed by atoms with Crippen LogP contribution in [-0.2, 0) is 11.0 Å². The second-order valence-corrected chi connectivity index (χ2v) is 8.80. The van der Waals surface area contributed by atoms with Gasteiger partial charge in [0.15, 0.2) is 0 Å². The molecule has 2 aromatic carbocycles. The molecule has 0 radical (unpaired) electrons. The number of aromatic nitrogens is 2. The SMILES string of the molecule is Cc1c(-c2ccc3c(c2)OCCN3S(C)=O)c2[nH]c3ccc(Cl)cc3c2[nH]c1=O. The number of aromatic amines is 2. The zero-order chi connectivity index (χ0) is 20.3. The topological polar surface area (TPSA) is 78.2 Å². The van der Waals surface area contributed by atoms with E-state index in [1.165, 1.54) is 0 Å². The van der Waals surface area contributed by atoms with Crippen LogP contribution in [0.2, 0.25) is 5.02 Å². The highest BCUT2D eigenvalue weighted by atomic mass is 35.5. The van der Waals surface area contributed by atoms with Gasteiger partial charge in [0.25, 0.3) is 5.56 Å². The van der Waals surface area contributed by atoms with Gasteiger partial charge in [-0.1, -0.05) is 17.7 Å². The van der Waals surface area contributed by atoms with Crippen molar-refractivity contribution in [1.82, 2.24) is 9.97 Å². The van der Waals surface area contributed by atoms with Crippen LogP contribution in [0.5, 0.6) is 5.75 Å². The van der Waals surface area contributed by atoms with Gasteiger partial charge in [-0.25, -0.2) is 4.21 Å². The van der Waals surface area contributed by atoms with Gasteiger partial charge >= 0.3 is 0 Å². The Morgan fingerprint density at radius 1 is 1.14 bits per heavy atom. The van der Waals surface area contributed by atoms with E-state index in [1.807, 2.05) is 40.7 Å². The van der Waals surface area contributed by atoms with Crippen molar-refractivity contribution >= 4 is 50.2 Å². The third-order valence-corrected chi connectivity index (χ3v) is 6.58. The largest absolute Gasteiger partial charge is 0.489 e. The van der Waals surface area contributed by atoms with Crippen molar-refractivity contribution in [3.8, 4) is 16.9 Å². The molecule has 1 atom stereocenters. The number of anilines is 1. The minimum absolute atomic E-state index is 0.150. The van der Waals surface area contributed by atoms with Crippen molar-refractivity contribution in [3.05, 3.63) is 57.3 Å². The maximum absolute atomic E-state index is 12.7. The van der Waals surface area contributed by atoms with Gasteiger partial charge in [-0.3, -0.25) is 9.10 Å². The molecule has 1 aliphatic rings. The average molecular weight is 428 g/mol. The third-order valence-electron chi connectivity index (χ3n) is 5.34. The first-order valence-electron chi connectivity index (χ1n) is 9.16. The van der Waals surface area contributed by atoms with Crippen molar-refractivity contribution in [3.63, 3.8) is 0 Å². The summed E-state index contributed by atoms with van der Waals surface area (Å²) in [5.74, 6) is 0.663. The molecule has 0 spiro atoms. The average Bonchev–Trinajstić information content (AvgIpc) is 3.05. The molecule has 0 fully saturated rings. The Balaban J connectivity index is 1.79. The number of nitrogens with one attached hydrogen (secondary N) is 2. The number of H-pyrrole nitrogens is 2. The molecule has 6 nitrogen and oxygen atoms in total. The number of ether oxygens (including phenoxy) is 1. The molecule has 4 aromatic rings. The zero-order valence-electron chi connectivity index (χ0n) is 15.8. The van der Waals surface area contributed by atoms with Gasteiger partial charge < -0.3 is 14.7 Å². The van der Waals surface area contributed by atoms with Crippen LogP contribution in [0.3, 0.4) is 0 Å².